The third-order valence-electron chi connectivity index (χ3n) is 7.21. The van der Waals surface area contributed by atoms with Crippen LogP contribution in [0.5, 0.6) is 0 Å². The van der Waals surface area contributed by atoms with Crippen molar-refractivity contribution in [3.8, 4) is 0 Å². The average molecular weight is 490 g/mol. The van der Waals surface area contributed by atoms with E-state index in [9.17, 15) is 13.2 Å². The fraction of sp³-hybridized carbons (Fsp3) is 0.667. The van der Waals surface area contributed by atoms with E-state index in [1.54, 1.807) is 13.8 Å². The summed E-state index contributed by atoms with van der Waals surface area (Å²) in [5.41, 5.74) is 2.28. The van der Waals surface area contributed by atoms with E-state index < -0.39 is 15.3 Å². The van der Waals surface area contributed by atoms with Crippen LogP contribution in [-0.4, -0.2) is 55.0 Å². The van der Waals surface area contributed by atoms with Gasteiger partial charge in [0.2, 0.25) is 10.0 Å². The van der Waals surface area contributed by atoms with E-state index in [4.69, 9.17) is 0 Å². The number of aromatic amines is 1. The lowest BCUT2D eigenvalue weighted by molar-refractivity contribution is -0.120. The first-order valence-corrected chi connectivity index (χ1v) is 14.3. The number of nitrogens with zero attached hydrogens (tertiary/aromatic N) is 1. The lowest BCUT2D eigenvalue weighted by Gasteiger charge is -2.39. The van der Waals surface area contributed by atoms with Gasteiger partial charge in [0.25, 0.3) is 0 Å². The number of piperidine rings is 1. The molecule has 190 valence electrons. The van der Waals surface area contributed by atoms with Gasteiger partial charge < -0.3 is 9.88 Å². The smallest absolute Gasteiger partial charge is 0.214 e. The van der Waals surface area contributed by atoms with E-state index in [1.165, 1.54) is 10.9 Å². The predicted octanol–water partition coefficient (Wildman–Crippen LogP) is 4.90. The molecule has 1 fully saturated rings. The van der Waals surface area contributed by atoms with Crippen LogP contribution in [0.3, 0.4) is 0 Å². The summed E-state index contributed by atoms with van der Waals surface area (Å²) in [6.45, 7) is 12.2. The third kappa shape index (κ3) is 7.40. The number of rotatable bonds is 11. The van der Waals surface area contributed by atoms with Gasteiger partial charge in [-0.15, -0.1) is 0 Å². The maximum atomic E-state index is 12.6. The van der Waals surface area contributed by atoms with E-state index in [0.29, 0.717) is 31.1 Å². The summed E-state index contributed by atoms with van der Waals surface area (Å²) in [4.78, 5) is 18.3. The molecule has 6 nitrogen and oxygen atoms in total. The van der Waals surface area contributed by atoms with Gasteiger partial charge >= 0.3 is 0 Å². The Kier molecular flexibility index (Phi) is 8.98. The Bertz CT molecular complexity index is 1040. The van der Waals surface area contributed by atoms with Gasteiger partial charge in [0, 0.05) is 42.5 Å². The summed E-state index contributed by atoms with van der Waals surface area (Å²) in [6, 6.07) is 8.17. The Hall–Kier alpha value is -1.70. The monoisotopic (exact) mass is 489 g/mol. The number of hydrogen-bond acceptors (Lipinski definition) is 4. The first-order chi connectivity index (χ1) is 16.0. The molecular weight excluding hydrogens is 446 g/mol. The summed E-state index contributed by atoms with van der Waals surface area (Å²) in [5.74, 6) is 0.813. The highest BCUT2D eigenvalue weighted by Crippen LogP contribution is 2.26. The molecule has 1 saturated heterocycles. The SMILES string of the molecule is CC(C)S(=O)(=O)NC(CN1CCC(CC(=O)CCCc2c[nH]c3ccccc23)CC1)C(C)(C)C. The summed E-state index contributed by atoms with van der Waals surface area (Å²) in [6.07, 6.45) is 7.20. The molecule has 0 radical (unpaired) electrons. The standard InChI is InChI=1S/C27H43N3O3S/c1-20(2)34(32,33)29-26(27(3,4)5)19-30-15-13-21(14-16-30)17-23(31)10-8-9-22-18-28-25-12-7-6-11-24(22)25/h6-7,11-12,18,20-21,26,28-29H,8-10,13-17,19H2,1-5H3. The first-order valence-electron chi connectivity index (χ1n) is 12.8. The van der Waals surface area contributed by atoms with Crippen LogP contribution >= 0.6 is 0 Å². The Balaban J connectivity index is 1.41. The molecule has 1 aliphatic heterocycles. The van der Waals surface area contributed by atoms with Crippen molar-refractivity contribution in [3.63, 3.8) is 0 Å². The summed E-state index contributed by atoms with van der Waals surface area (Å²) in [5, 5.41) is 0.816. The molecule has 2 heterocycles. The van der Waals surface area contributed by atoms with Crippen molar-refractivity contribution < 1.29 is 13.2 Å². The Morgan fingerprint density at radius 3 is 2.50 bits per heavy atom. The molecule has 0 saturated carbocycles. The summed E-state index contributed by atoms with van der Waals surface area (Å²) in [7, 11) is -3.32. The van der Waals surface area contributed by atoms with Crippen molar-refractivity contribution >= 4 is 26.7 Å². The van der Waals surface area contributed by atoms with Gasteiger partial charge in [0.05, 0.1) is 5.25 Å². The van der Waals surface area contributed by atoms with E-state index in [-0.39, 0.29) is 11.5 Å². The molecule has 1 aromatic carbocycles. The number of ketones is 1. The van der Waals surface area contributed by atoms with Crippen LogP contribution < -0.4 is 4.72 Å². The van der Waals surface area contributed by atoms with Gasteiger partial charge in [-0.1, -0.05) is 39.0 Å². The van der Waals surface area contributed by atoms with Gasteiger partial charge in [-0.05, 0) is 75.6 Å². The van der Waals surface area contributed by atoms with Crippen LogP contribution in [0, 0.1) is 11.3 Å². The van der Waals surface area contributed by atoms with Crippen LogP contribution in [0.4, 0.5) is 0 Å². The Morgan fingerprint density at radius 1 is 1.18 bits per heavy atom. The number of carbonyl (C=O) groups excluding carboxylic acids is 1. The molecule has 1 atom stereocenters. The number of Topliss-reactive ketones (excluding diaryl/α,β-unsaturated/α-hetero) is 1. The van der Waals surface area contributed by atoms with E-state index >= 15 is 0 Å². The average Bonchev–Trinajstić information content (AvgIpc) is 3.17. The number of benzene rings is 1. The topological polar surface area (TPSA) is 82.3 Å². The number of nitrogens with one attached hydrogen (secondary N) is 2. The highest BCUT2D eigenvalue weighted by atomic mass is 32.2. The number of para-hydroxylation sites is 1. The van der Waals surface area contributed by atoms with Crippen LogP contribution in [0.2, 0.25) is 0 Å². The van der Waals surface area contributed by atoms with Crippen molar-refractivity contribution in [3.05, 3.63) is 36.0 Å². The Morgan fingerprint density at radius 2 is 1.85 bits per heavy atom. The van der Waals surface area contributed by atoms with Gasteiger partial charge in [0.1, 0.15) is 5.78 Å². The highest BCUT2D eigenvalue weighted by molar-refractivity contribution is 7.90. The zero-order valence-electron chi connectivity index (χ0n) is 21.6. The quantitative estimate of drug-likeness (QED) is 0.470. The first kappa shape index (κ1) is 26.9. The molecule has 1 unspecified atom stereocenters. The lowest BCUT2D eigenvalue weighted by Crippen LogP contribution is -2.53. The molecule has 1 aromatic heterocycles. The molecule has 3 rings (SSSR count). The largest absolute Gasteiger partial charge is 0.361 e. The zero-order valence-corrected chi connectivity index (χ0v) is 22.4. The van der Waals surface area contributed by atoms with Crippen molar-refractivity contribution in [2.24, 2.45) is 11.3 Å². The molecule has 7 heteroatoms. The highest BCUT2D eigenvalue weighted by Gasteiger charge is 2.33. The van der Waals surface area contributed by atoms with Crippen molar-refractivity contribution in [1.82, 2.24) is 14.6 Å². The van der Waals surface area contributed by atoms with E-state index in [1.807, 2.05) is 6.07 Å². The second-order valence-corrected chi connectivity index (χ2v) is 13.6. The second kappa shape index (κ2) is 11.4. The van der Waals surface area contributed by atoms with Crippen molar-refractivity contribution in [2.45, 2.75) is 84.4 Å². The summed E-state index contributed by atoms with van der Waals surface area (Å²) < 4.78 is 27.9. The van der Waals surface area contributed by atoms with Crippen LogP contribution in [-0.2, 0) is 21.2 Å². The van der Waals surface area contributed by atoms with Gasteiger partial charge in [-0.25, -0.2) is 13.1 Å². The maximum absolute atomic E-state index is 12.6. The van der Waals surface area contributed by atoms with Crippen LogP contribution in [0.15, 0.2) is 30.5 Å². The van der Waals surface area contributed by atoms with Gasteiger partial charge in [-0.2, -0.15) is 0 Å². The molecule has 1 aliphatic rings. The molecule has 0 aliphatic carbocycles. The number of carbonyl (C=O) groups is 1. The lowest BCUT2D eigenvalue weighted by atomic mass is 9.85. The number of aromatic nitrogens is 1. The molecular formula is C27H43N3O3S. The molecule has 2 aromatic rings. The maximum Gasteiger partial charge on any atom is 0.214 e. The van der Waals surface area contributed by atoms with Gasteiger partial charge in [-0.3, -0.25) is 4.79 Å². The normalized spacial score (nSPS) is 17.5. The third-order valence-corrected chi connectivity index (χ3v) is 9.07. The number of H-pyrrole nitrogens is 1. The number of aryl methyl sites for hydroxylation is 1. The number of fused-ring (bicyclic) bond motifs is 1. The number of likely N-dealkylation sites (tertiary alicyclic amines) is 1. The van der Waals surface area contributed by atoms with Crippen molar-refractivity contribution in [1.29, 1.82) is 0 Å². The molecule has 0 spiro atoms. The minimum absolute atomic E-state index is 0.136. The molecule has 0 amide bonds. The summed E-state index contributed by atoms with van der Waals surface area (Å²) >= 11 is 0. The second-order valence-electron chi connectivity index (χ2n) is 11.3. The zero-order chi connectivity index (χ0) is 24.9. The van der Waals surface area contributed by atoms with Crippen LogP contribution in [0.1, 0.15) is 72.3 Å². The molecule has 2 N–H and O–H groups in total. The van der Waals surface area contributed by atoms with Crippen molar-refractivity contribution in [2.75, 3.05) is 19.6 Å². The van der Waals surface area contributed by atoms with Gasteiger partial charge in [0.15, 0.2) is 0 Å². The predicted molar refractivity (Wildman–Crippen MR) is 140 cm³/mol. The van der Waals surface area contributed by atoms with E-state index in [0.717, 1.165) is 44.3 Å². The molecule has 0 bridgehead atoms. The minimum atomic E-state index is -3.32. The van der Waals surface area contributed by atoms with Crippen LogP contribution in [0.25, 0.3) is 10.9 Å². The molecule has 34 heavy (non-hydrogen) atoms. The van der Waals surface area contributed by atoms with E-state index in [2.05, 4.69) is 59.8 Å². The Labute approximate surface area is 205 Å². The minimum Gasteiger partial charge on any atom is -0.361 e. The fourth-order valence-corrected chi connectivity index (χ4v) is 5.79. The number of sulfonamides is 1. The fourth-order valence-electron chi connectivity index (χ4n) is 4.69. The number of hydrogen-bond donors (Lipinski definition) is 2.